The van der Waals surface area contributed by atoms with Gasteiger partial charge >= 0.3 is 5.97 Å². The van der Waals surface area contributed by atoms with Crippen LogP contribution in [0.3, 0.4) is 0 Å². The molecule has 0 bridgehead atoms. The van der Waals surface area contributed by atoms with E-state index in [0.29, 0.717) is 38.5 Å². The van der Waals surface area contributed by atoms with Crippen molar-refractivity contribution in [3.63, 3.8) is 0 Å². The fourth-order valence-electron chi connectivity index (χ4n) is 16.2. The lowest BCUT2D eigenvalue weighted by atomic mass is 9.33. The highest BCUT2D eigenvalue weighted by molar-refractivity contribution is 5.79. The monoisotopic (exact) mass is 1090 g/mol. The van der Waals surface area contributed by atoms with Crippen LogP contribution in [-0.4, -0.2) is 233 Å². The number of ether oxygens (including phenoxy) is 8. The predicted octanol–water partition coefficient (Wildman–Crippen LogP) is -2.42. The first kappa shape index (κ1) is 59.0. The maximum Gasteiger partial charge on any atom is 0.315 e. The Hall–Kier alpha value is -1.63. The first-order chi connectivity index (χ1) is 35.7. The second-order valence-corrected chi connectivity index (χ2v) is 25.7. The van der Waals surface area contributed by atoms with E-state index >= 15 is 4.79 Å². The third-order valence-corrected chi connectivity index (χ3v) is 21.2. The summed E-state index contributed by atoms with van der Waals surface area (Å²) in [4.78, 5) is 15.1. The molecule has 76 heavy (non-hydrogen) atoms. The molecule has 8 fully saturated rings. The van der Waals surface area contributed by atoms with E-state index in [0.717, 1.165) is 25.7 Å². The Labute approximate surface area is 442 Å². The van der Waals surface area contributed by atoms with E-state index in [1.807, 2.05) is 6.92 Å². The minimum atomic E-state index is -1.92. The van der Waals surface area contributed by atoms with Gasteiger partial charge < -0.3 is 109 Å². The van der Waals surface area contributed by atoms with Crippen LogP contribution >= 0.6 is 0 Å². The Balaban J connectivity index is 0.895. The second kappa shape index (κ2) is 21.6. The van der Waals surface area contributed by atoms with Crippen molar-refractivity contribution >= 4 is 5.97 Å². The number of fused-ring (bicyclic) bond motifs is 7. The van der Waals surface area contributed by atoms with Crippen molar-refractivity contribution in [2.75, 3.05) is 33.0 Å². The van der Waals surface area contributed by atoms with Crippen LogP contribution in [0, 0.1) is 50.2 Å². The van der Waals surface area contributed by atoms with Crippen molar-refractivity contribution in [3.8, 4) is 0 Å². The predicted molar refractivity (Wildman–Crippen MR) is 258 cm³/mol. The van der Waals surface area contributed by atoms with Gasteiger partial charge in [0.05, 0.1) is 44.6 Å². The summed E-state index contributed by atoms with van der Waals surface area (Å²) < 4.78 is 46.7. The van der Waals surface area contributed by atoms with Crippen LogP contribution in [0.25, 0.3) is 0 Å². The average molecular weight is 1090 g/mol. The van der Waals surface area contributed by atoms with E-state index in [2.05, 4.69) is 40.7 Å². The van der Waals surface area contributed by atoms with Crippen LogP contribution in [0.5, 0.6) is 0 Å². The van der Waals surface area contributed by atoms with Crippen molar-refractivity contribution in [2.24, 2.45) is 50.2 Å². The third-order valence-electron chi connectivity index (χ3n) is 21.2. The van der Waals surface area contributed by atoms with Gasteiger partial charge in [-0.2, -0.15) is 0 Å². The van der Waals surface area contributed by atoms with Gasteiger partial charge in [-0.3, -0.25) is 4.79 Å². The highest BCUT2D eigenvalue weighted by Crippen LogP contribution is 2.76. The Morgan fingerprint density at radius 1 is 0.605 bits per heavy atom. The first-order valence-electron chi connectivity index (χ1n) is 27.4. The number of hydrogen-bond acceptors (Lipinski definition) is 23. The summed E-state index contributed by atoms with van der Waals surface area (Å²) in [5.74, 6) is -0.654. The number of allylic oxidation sites excluding steroid dienone is 2. The second-order valence-electron chi connectivity index (χ2n) is 25.7. The van der Waals surface area contributed by atoms with Crippen molar-refractivity contribution in [3.05, 3.63) is 11.6 Å². The highest BCUT2D eigenvalue weighted by atomic mass is 16.8. The number of hydrogen-bond donors (Lipinski definition) is 14. The average Bonchev–Trinajstić information content (AvgIpc) is 3.49. The highest BCUT2D eigenvalue weighted by Gasteiger charge is 2.70. The van der Waals surface area contributed by atoms with Crippen LogP contribution in [-0.2, 0) is 42.7 Å². The van der Waals surface area contributed by atoms with E-state index in [1.165, 1.54) is 5.57 Å². The summed E-state index contributed by atoms with van der Waals surface area (Å²) in [6, 6.07) is 0. The molecule has 436 valence electrons. The molecule has 0 aromatic rings. The summed E-state index contributed by atoms with van der Waals surface area (Å²) in [5.41, 5.74) is -1.53. The van der Waals surface area contributed by atoms with Gasteiger partial charge in [-0.25, -0.2) is 0 Å². The summed E-state index contributed by atoms with van der Waals surface area (Å²) in [6.07, 6.45) is -22.7. The molecule has 0 radical (unpaired) electrons. The minimum absolute atomic E-state index is 0.0253. The van der Waals surface area contributed by atoms with Gasteiger partial charge in [0, 0.05) is 5.41 Å². The fourth-order valence-corrected chi connectivity index (χ4v) is 16.2. The van der Waals surface area contributed by atoms with E-state index in [1.54, 1.807) is 0 Å². The summed E-state index contributed by atoms with van der Waals surface area (Å²) >= 11 is 0. The van der Waals surface area contributed by atoms with Gasteiger partial charge in [0.1, 0.15) is 91.6 Å². The molecule has 4 saturated heterocycles. The van der Waals surface area contributed by atoms with Crippen molar-refractivity contribution < 1.29 is 114 Å². The zero-order valence-electron chi connectivity index (χ0n) is 44.4. The van der Waals surface area contributed by atoms with Crippen molar-refractivity contribution in [2.45, 2.75) is 229 Å². The summed E-state index contributed by atoms with van der Waals surface area (Å²) in [5, 5.41) is 149. The molecule has 0 amide bonds. The Kier molecular flexibility index (Phi) is 16.8. The molecule has 4 saturated carbocycles. The van der Waals surface area contributed by atoms with Crippen LogP contribution in [0.4, 0.5) is 0 Å². The van der Waals surface area contributed by atoms with E-state index in [9.17, 15) is 71.5 Å². The molecular formula is C53H86O23. The van der Waals surface area contributed by atoms with Gasteiger partial charge in [-0.05, 0) is 104 Å². The number of aliphatic hydroxyl groups is 14. The molecule has 4 aliphatic heterocycles. The normalized spacial score (nSPS) is 54.3. The maximum atomic E-state index is 15.1. The Bertz CT molecular complexity index is 2080. The van der Waals surface area contributed by atoms with E-state index in [-0.39, 0.29) is 52.6 Å². The number of aliphatic hydroxyl groups excluding tert-OH is 14. The fraction of sp³-hybridized carbons (Fsp3) is 0.943. The zero-order valence-corrected chi connectivity index (χ0v) is 44.4. The molecule has 0 spiro atoms. The molecule has 5 aliphatic carbocycles. The molecule has 9 aliphatic rings. The lowest BCUT2D eigenvalue weighted by Crippen LogP contribution is -2.67. The Morgan fingerprint density at radius 2 is 1.21 bits per heavy atom. The molecule has 4 heterocycles. The lowest BCUT2D eigenvalue weighted by Gasteiger charge is -2.71. The molecule has 9 rings (SSSR count). The van der Waals surface area contributed by atoms with Gasteiger partial charge in [0.2, 0.25) is 6.29 Å². The van der Waals surface area contributed by atoms with Gasteiger partial charge in [-0.15, -0.1) is 0 Å². The molecule has 23 heteroatoms. The first-order valence-corrected chi connectivity index (χ1v) is 27.4. The van der Waals surface area contributed by atoms with Crippen molar-refractivity contribution in [1.29, 1.82) is 0 Å². The van der Waals surface area contributed by atoms with Crippen LogP contribution < -0.4 is 0 Å². The van der Waals surface area contributed by atoms with Gasteiger partial charge in [-0.1, -0.05) is 53.2 Å². The third kappa shape index (κ3) is 9.56. The van der Waals surface area contributed by atoms with Gasteiger partial charge in [0.25, 0.3) is 0 Å². The minimum Gasteiger partial charge on any atom is -0.432 e. The van der Waals surface area contributed by atoms with Crippen LogP contribution in [0.2, 0.25) is 0 Å². The summed E-state index contributed by atoms with van der Waals surface area (Å²) in [6.45, 7) is 10.9. The maximum absolute atomic E-state index is 15.1. The molecule has 23 nitrogen and oxygen atoms in total. The largest absolute Gasteiger partial charge is 0.432 e. The molecule has 0 aromatic heterocycles. The summed E-state index contributed by atoms with van der Waals surface area (Å²) in [7, 11) is 0. The lowest BCUT2D eigenvalue weighted by molar-refractivity contribution is -0.364. The smallest absolute Gasteiger partial charge is 0.315 e. The topological polar surface area (TPSA) is 374 Å². The number of rotatable bonds is 12. The molecule has 14 N–H and O–H groups in total. The molecular weight excluding hydrogens is 1000 g/mol. The van der Waals surface area contributed by atoms with Gasteiger partial charge in [0.15, 0.2) is 18.9 Å². The quantitative estimate of drug-likeness (QED) is 0.0549. The van der Waals surface area contributed by atoms with Crippen molar-refractivity contribution in [1.82, 2.24) is 0 Å². The molecule has 0 aromatic carbocycles. The van der Waals surface area contributed by atoms with E-state index in [4.69, 9.17) is 37.9 Å². The number of esters is 1. The number of carbonyl (C=O) groups is 1. The van der Waals surface area contributed by atoms with Crippen LogP contribution in [0.1, 0.15) is 106 Å². The van der Waals surface area contributed by atoms with Crippen LogP contribution in [0.15, 0.2) is 11.6 Å². The molecule has 28 atom stereocenters. The standard InChI is InChI=1S/C53H86O23/c1-48(2)13-15-53(47(68)76-46-40(66)36(62)34(60)28(73-46)21-70-43-41(67)37(63)42(27(19-55)72-43)75-45-39(65)35(61)33(59)26(18-54)71-45)16-14-51(5)23(24(53)17-48)7-8-30-49(3)11-10-31(74-44-38(64)32(58)25(57)20-69-44)50(4,22-56)29(49)9-12-52(30,51)6/h7,24-46,54-67H,8-22H2,1-6H3. The SMILES string of the molecule is CC1(C)CCC2(C(=O)OC3OC(COC4OC(CO)C(OC5OC(CO)C(O)C(O)C5O)C(O)C4O)C(O)C(O)C3O)CCC3(C)C(=CCC4C5(C)CCC(OC6OCC(O)C(O)C6O)C(C)(CO)C5CCC43C)C2C1. The zero-order chi connectivity index (χ0) is 55.4. The molecule has 28 unspecified atom stereocenters. The Morgan fingerprint density at radius 3 is 1.88 bits per heavy atom. The van der Waals surface area contributed by atoms with E-state index < -0.39 is 159 Å². The number of carbonyl (C=O) groups excluding carboxylic acids is 1.